The van der Waals surface area contributed by atoms with E-state index in [1.807, 2.05) is 55.5 Å². The maximum absolute atomic E-state index is 13.0. The lowest BCUT2D eigenvalue weighted by molar-refractivity contribution is 0.102. The molecular formula is C30H33N5O. The van der Waals surface area contributed by atoms with Crippen LogP contribution in [0.4, 0.5) is 5.69 Å². The van der Waals surface area contributed by atoms with Crippen LogP contribution in [0.3, 0.4) is 0 Å². The fraction of sp³-hybridized carbons (Fsp3) is 0.267. The van der Waals surface area contributed by atoms with Crippen molar-refractivity contribution in [1.82, 2.24) is 19.9 Å². The van der Waals surface area contributed by atoms with Gasteiger partial charge in [0.15, 0.2) is 0 Å². The second kappa shape index (κ2) is 12.2. The molecule has 0 bridgehead atoms. The summed E-state index contributed by atoms with van der Waals surface area (Å²) >= 11 is 0. The van der Waals surface area contributed by atoms with Crippen LogP contribution in [0.5, 0.6) is 0 Å². The minimum absolute atomic E-state index is 0.128. The zero-order chi connectivity index (χ0) is 25.3. The average molecular weight is 480 g/mol. The van der Waals surface area contributed by atoms with E-state index < -0.39 is 0 Å². The molecule has 36 heavy (non-hydrogen) atoms. The minimum atomic E-state index is -0.128. The number of nitrogens with one attached hydrogen (secondary N) is 1. The molecule has 4 rings (SSSR count). The Hall–Kier alpha value is -3.90. The van der Waals surface area contributed by atoms with Crippen molar-refractivity contribution in [3.8, 4) is 11.3 Å². The number of amides is 1. The van der Waals surface area contributed by atoms with Gasteiger partial charge in [0, 0.05) is 48.4 Å². The van der Waals surface area contributed by atoms with Gasteiger partial charge < -0.3 is 10.2 Å². The molecule has 6 heteroatoms. The highest BCUT2D eigenvalue weighted by molar-refractivity contribution is 6.04. The Balaban J connectivity index is 1.43. The van der Waals surface area contributed by atoms with E-state index in [0.717, 1.165) is 54.1 Å². The van der Waals surface area contributed by atoms with Gasteiger partial charge in [0.25, 0.3) is 5.91 Å². The first-order chi connectivity index (χ1) is 17.6. The molecule has 6 nitrogen and oxygen atoms in total. The van der Waals surface area contributed by atoms with Gasteiger partial charge in [-0.2, -0.15) is 0 Å². The molecule has 4 aromatic rings. The number of hydrogen-bond donors (Lipinski definition) is 1. The minimum Gasteiger partial charge on any atom is -0.322 e. The molecule has 2 heterocycles. The molecule has 1 amide bonds. The normalized spacial score (nSPS) is 11.0. The van der Waals surface area contributed by atoms with Gasteiger partial charge >= 0.3 is 0 Å². The Labute approximate surface area is 213 Å². The van der Waals surface area contributed by atoms with Gasteiger partial charge in [-0.15, -0.1) is 0 Å². The molecule has 184 valence electrons. The molecule has 0 aliphatic heterocycles. The second-order valence-electron chi connectivity index (χ2n) is 8.85. The lowest BCUT2D eigenvalue weighted by Gasteiger charge is -2.17. The summed E-state index contributed by atoms with van der Waals surface area (Å²) in [5, 5.41) is 3.03. The number of carbonyl (C=O) groups is 1. The number of pyridine rings is 1. The summed E-state index contributed by atoms with van der Waals surface area (Å²) in [6, 6.07) is 19.7. The third-order valence-electron chi connectivity index (χ3n) is 6.45. The van der Waals surface area contributed by atoms with Crippen LogP contribution < -0.4 is 5.32 Å². The van der Waals surface area contributed by atoms with Crippen LogP contribution in [-0.4, -0.2) is 45.4 Å². The molecule has 0 unspecified atom stereocenters. The SMILES string of the molecule is CCN(CC)CCc1ccc(NC(=O)c2ccc(C)c(Cc3nccc(-c4cccnc4)n3)c2)cc1. The van der Waals surface area contributed by atoms with Crippen LogP contribution >= 0.6 is 0 Å². The first-order valence-electron chi connectivity index (χ1n) is 12.5. The maximum atomic E-state index is 13.0. The Kier molecular flexibility index (Phi) is 8.53. The molecule has 0 atom stereocenters. The Morgan fingerprint density at radius 1 is 0.972 bits per heavy atom. The van der Waals surface area contributed by atoms with Crippen LogP contribution in [0.15, 0.2) is 79.3 Å². The number of rotatable bonds is 10. The monoisotopic (exact) mass is 479 g/mol. The third-order valence-corrected chi connectivity index (χ3v) is 6.45. The number of aromatic nitrogens is 3. The molecule has 0 spiro atoms. The molecule has 2 aromatic carbocycles. The van der Waals surface area contributed by atoms with Crippen LogP contribution in [-0.2, 0) is 12.8 Å². The van der Waals surface area contributed by atoms with Crippen LogP contribution in [0, 0.1) is 6.92 Å². The van der Waals surface area contributed by atoms with Crippen LogP contribution in [0.25, 0.3) is 11.3 Å². The molecule has 2 aromatic heterocycles. The van der Waals surface area contributed by atoms with Gasteiger partial charge in [-0.3, -0.25) is 9.78 Å². The van der Waals surface area contributed by atoms with Gasteiger partial charge in [0.2, 0.25) is 0 Å². The smallest absolute Gasteiger partial charge is 0.255 e. The van der Waals surface area contributed by atoms with E-state index in [1.165, 1.54) is 5.56 Å². The van der Waals surface area contributed by atoms with E-state index in [1.54, 1.807) is 18.6 Å². The number of nitrogens with zero attached hydrogens (tertiary/aromatic N) is 4. The Morgan fingerprint density at radius 3 is 2.50 bits per heavy atom. The number of hydrogen-bond acceptors (Lipinski definition) is 5. The molecule has 0 saturated heterocycles. The largest absolute Gasteiger partial charge is 0.322 e. The highest BCUT2D eigenvalue weighted by Crippen LogP contribution is 2.19. The lowest BCUT2D eigenvalue weighted by Crippen LogP contribution is -2.25. The number of anilines is 1. The van der Waals surface area contributed by atoms with Crippen molar-refractivity contribution in [1.29, 1.82) is 0 Å². The van der Waals surface area contributed by atoms with Gasteiger partial charge in [-0.25, -0.2) is 9.97 Å². The van der Waals surface area contributed by atoms with Crippen molar-refractivity contribution < 1.29 is 4.79 Å². The second-order valence-corrected chi connectivity index (χ2v) is 8.85. The van der Waals surface area contributed by atoms with Crippen LogP contribution in [0.2, 0.25) is 0 Å². The number of aryl methyl sites for hydroxylation is 1. The van der Waals surface area contributed by atoms with Gasteiger partial charge in [-0.05, 0) is 85.6 Å². The van der Waals surface area contributed by atoms with Crippen molar-refractivity contribution in [3.05, 3.63) is 107 Å². The maximum Gasteiger partial charge on any atom is 0.255 e. The first kappa shape index (κ1) is 25.2. The summed E-state index contributed by atoms with van der Waals surface area (Å²) in [5.74, 6) is 0.578. The molecule has 1 N–H and O–H groups in total. The quantitative estimate of drug-likeness (QED) is 0.322. The fourth-order valence-electron chi connectivity index (χ4n) is 4.12. The van der Waals surface area contributed by atoms with E-state index >= 15 is 0 Å². The van der Waals surface area contributed by atoms with Gasteiger partial charge in [0.05, 0.1) is 5.69 Å². The van der Waals surface area contributed by atoms with E-state index in [0.29, 0.717) is 17.8 Å². The predicted octanol–water partition coefficient (Wildman–Crippen LogP) is 5.57. The van der Waals surface area contributed by atoms with Crippen molar-refractivity contribution in [2.45, 2.75) is 33.6 Å². The molecular weight excluding hydrogens is 446 g/mol. The number of likely N-dealkylation sites (N-methyl/N-ethyl adjacent to an activating group) is 1. The van der Waals surface area contributed by atoms with E-state index in [-0.39, 0.29) is 5.91 Å². The predicted molar refractivity (Wildman–Crippen MR) is 145 cm³/mol. The Morgan fingerprint density at radius 2 is 1.78 bits per heavy atom. The zero-order valence-electron chi connectivity index (χ0n) is 21.2. The lowest BCUT2D eigenvalue weighted by atomic mass is 10.0. The highest BCUT2D eigenvalue weighted by atomic mass is 16.1. The Bertz CT molecular complexity index is 1280. The van der Waals surface area contributed by atoms with Crippen molar-refractivity contribution in [2.24, 2.45) is 0 Å². The van der Waals surface area contributed by atoms with E-state index in [4.69, 9.17) is 4.98 Å². The van der Waals surface area contributed by atoms with Crippen LogP contribution in [0.1, 0.15) is 46.7 Å². The molecule has 0 radical (unpaired) electrons. The standard InChI is InChI=1S/C30H33N5O/c1-4-35(5-2)18-15-23-9-12-27(13-10-23)33-30(36)24-11-8-22(3)26(19-24)20-29-32-17-14-28(34-29)25-7-6-16-31-21-25/h6-14,16-17,19,21H,4-5,15,18,20H2,1-3H3,(H,33,36). The van der Waals surface area contributed by atoms with Crippen molar-refractivity contribution in [2.75, 3.05) is 25.0 Å². The van der Waals surface area contributed by atoms with Crippen molar-refractivity contribution >= 4 is 11.6 Å². The fourth-order valence-corrected chi connectivity index (χ4v) is 4.12. The average Bonchev–Trinajstić information content (AvgIpc) is 2.92. The molecule has 0 aliphatic carbocycles. The summed E-state index contributed by atoms with van der Waals surface area (Å²) in [5.41, 5.74) is 6.58. The van der Waals surface area contributed by atoms with Crippen molar-refractivity contribution in [3.63, 3.8) is 0 Å². The molecule has 0 fully saturated rings. The topological polar surface area (TPSA) is 71.0 Å². The number of carbonyl (C=O) groups excluding carboxylic acids is 1. The summed E-state index contributed by atoms with van der Waals surface area (Å²) in [6.07, 6.45) is 6.85. The zero-order valence-corrected chi connectivity index (χ0v) is 21.2. The third kappa shape index (κ3) is 6.61. The van der Waals surface area contributed by atoms with Gasteiger partial charge in [0.1, 0.15) is 5.82 Å². The van der Waals surface area contributed by atoms with Gasteiger partial charge in [-0.1, -0.05) is 32.0 Å². The van der Waals surface area contributed by atoms with E-state index in [2.05, 4.69) is 46.2 Å². The van der Waals surface area contributed by atoms with E-state index in [9.17, 15) is 4.79 Å². The summed E-state index contributed by atoms with van der Waals surface area (Å²) in [6.45, 7) is 9.57. The summed E-state index contributed by atoms with van der Waals surface area (Å²) in [7, 11) is 0. The first-order valence-corrected chi connectivity index (χ1v) is 12.5. The highest BCUT2D eigenvalue weighted by Gasteiger charge is 2.11. The number of benzene rings is 2. The molecule has 0 aliphatic rings. The summed E-state index contributed by atoms with van der Waals surface area (Å²) < 4.78 is 0. The molecule has 0 saturated carbocycles. The summed E-state index contributed by atoms with van der Waals surface area (Å²) in [4.78, 5) is 28.7.